The molecule has 0 radical (unpaired) electrons. The van der Waals surface area contributed by atoms with E-state index in [9.17, 15) is 4.79 Å². The molecular formula is C13H14N2O. The summed E-state index contributed by atoms with van der Waals surface area (Å²) >= 11 is 0. The topological polar surface area (TPSA) is 34.9 Å². The largest absolute Gasteiger partial charge is 0.303 e. The van der Waals surface area contributed by atoms with Crippen molar-refractivity contribution in [1.82, 2.24) is 9.55 Å². The lowest BCUT2D eigenvalue weighted by Gasteiger charge is -2.07. The van der Waals surface area contributed by atoms with Crippen LogP contribution in [0.25, 0.3) is 5.69 Å². The molecule has 1 aromatic heterocycles. The molecule has 0 aliphatic rings. The molecule has 0 saturated heterocycles. The molecule has 2 aromatic rings. The Hall–Kier alpha value is -1.90. The Labute approximate surface area is 94.7 Å². The third kappa shape index (κ3) is 2.19. The van der Waals surface area contributed by atoms with Crippen LogP contribution in [-0.2, 0) is 11.2 Å². The highest BCUT2D eigenvalue weighted by Gasteiger charge is 2.06. The number of nitrogens with zero attached hydrogens (tertiary/aromatic N) is 2. The Kier molecular flexibility index (Phi) is 2.86. The lowest BCUT2D eigenvalue weighted by molar-refractivity contribution is -0.116. The van der Waals surface area contributed by atoms with Crippen LogP contribution in [0.4, 0.5) is 0 Å². The number of imidazole rings is 1. The van der Waals surface area contributed by atoms with Gasteiger partial charge in [0.1, 0.15) is 5.78 Å². The van der Waals surface area contributed by atoms with E-state index in [0.717, 1.165) is 11.4 Å². The van der Waals surface area contributed by atoms with Crippen molar-refractivity contribution in [1.29, 1.82) is 0 Å². The predicted molar refractivity (Wildman–Crippen MR) is 62.7 cm³/mol. The first kappa shape index (κ1) is 10.6. The Balaban J connectivity index is 2.40. The van der Waals surface area contributed by atoms with Crippen molar-refractivity contribution in [2.75, 3.05) is 0 Å². The van der Waals surface area contributed by atoms with Crippen LogP contribution in [0.2, 0.25) is 0 Å². The number of Topliss-reactive ketones (excluding diaryl/α,β-unsaturated/α-hetero) is 1. The van der Waals surface area contributed by atoms with Gasteiger partial charge in [0, 0.05) is 24.0 Å². The van der Waals surface area contributed by atoms with Crippen LogP contribution in [-0.4, -0.2) is 15.3 Å². The van der Waals surface area contributed by atoms with E-state index in [-0.39, 0.29) is 5.78 Å². The third-order valence-corrected chi connectivity index (χ3v) is 2.43. The maximum absolute atomic E-state index is 11.1. The van der Waals surface area contributed by atoms with Gasteiger partial charge in [0.2, 0.25) is 0 Å². The number of aromatic nitrogens is 2. The monoisotopic (exact) mass is 214 g/mol. The maximum Gasteiger partial charge on any atom is 0.135 e. The van der Waals surface area contributed by atoms with Gasteiger partial charge in [0.05, 0.1) is 6.33 Å². The number of benzene rings is 1. The fourth-order valence-corrected chi connectivity index (χ4v) is 1.72. The first-order chi connectivity index (χ1) is 7.66. The molecule has 0 spiro atoms. The third-order valence-electron chi connectivity index (χ3n) is 2.43. The molecule has 3 heteroatoms. The molecule has 0 N–H and O–H groups in total. The van der Waals surface area contributed by atoms with Gasteiger partial charge in [-0.15, -0.1) is 0 Å². The van der Waals surface area contributed by atoms with Gasteiger partial charge in [-0.2, -0.15) is 0 Å². The predicted octanol–water partition coefficient (Wildman–Crippen LogP) is 2.31. The molecule has 0 fully saturated rings. The fourth-order valence-electron chi connectivity index (χ4n) is 1.72. The number of carbonyl (C=O) groups is 1. The zero-order valence-corrected chi connectivity index (χ0v) is 9.47. The lowest BCUT2D eigenvalue weighted by Crippen LogP contribution is -2.04. The van der Waals surface area contributed by atoms with Gasteiger partial charge in [0.15, 0.2) is 0 Å². The zero-order valence-electron chi connectivity index (χ0n) is 9.47. The molecule has 0 aliphatic carbocycles. The summed E-state index contributed by atoms with van der Waals surface area (Å²) in [4.78, 5) is 15.2. The average Bonchev–Trinajstić information content (AvgIpc) is 2.65. The smallest absolute Gasteiger partial charge is 0.135 e. The minimum absolute atomic E-state index is 0.148. The number of hydrogen-bond donors (Lipinski definition) is 0. The number of ketones is 1. The SMILES string of the molecule is CC(=O)Cc1cncn1-c1cccc(C)c1. The van der Waals surface area contributed by atoms with Crippen molar-refractivity contribution < 1.29 is 4.79 Å². The van der Waals surface area contributed by atoms with Crippen molar-refractivity contribution in [3.05, 3.63) is 48.0 Å². The molecule has 0 aliphatic heterocycles. The molecule has 0 bridgehead atoms. The number of rotatable bonds is 3. The van der Waals surface area contributed by atoms with Gasteiger partial charge < -0.3 is 4.57 Å². The van der Waals surface area contributed by atoms with E-state index in [0.29, 0.717) is 6.42 Å². The average molecular weight is 214 g/mol. The van der Waals surface area contributed by atoms with Gasteiger partial charge >= 0.3 is 0 Å². The van der Waals surface area contributed by atoms with Crippen molar-refractivity contribution in [2.45, 2.75) is 20.3 Å². The summed E-state index contributed by atoms with van der Waals surface area (Å²) in [5.74, 6) is 0.148. The summed E-state index contributed by atoms with van der Waals surface area (Å²) in [6.45, 7) is 3.64. The Morgan fingerprint density at radius 1 is 1.44 bits per heavy atom. The summed E-state index contributed by atoms with van der Waals surface area (Å²) in [6, 6.07) is 8.14. The van der Waals surface area contributed by atoms with Crippen molar-refractivity contribution in [3.8, 4) is 5.69 Å². The van der Waals surface area contributed by atoms with Crippen molar-refractivity contribution in [2.24, 2.45) is 0 Å². The molecular weight excluding hydrogens is 200 g/mol. The molecule has 1 aromatic carbocycles. The first-order valence-electron chi connectivity index (χ1n) is 5.24. The molecule has 0 saturated carbocycles. The summed E-state index contributed by atoms with van der Waals surface area (Å²) in [6.07, 6.45) is 3.91. The molecule has 16 heavy (non-hydrogen) atoms. The molecule has 3 nitrogen and oxygen atoms in total. The summed E-state index contributed by atoms with van der Waals surface area (Å²) in [5.41, 5.74) is 3.17. The van der Waals surface area contributed by atoms with E-state index in [1.165, 1.54) is 5.56 Å². The van der Waals surface area contributed by atoms with E-state index in [1.807, 2.05) is 29.7 Å². The van der Waals surface area contributed by atoms with Gasteiger partial charge in [-0.1, -0.05) is 12.1 Å². The van der Waals surface area contributed by atoms with E-state index in [4.69, 9.17) is 0 Å². The minimum Gasteiger partial charge on any atom is -0.303 e. The molecule has 0 amide bonds. The van der Waals surface area contributed by atoms with Crippen LogP contribution in [0.3, 0.4) is 0 Å². The van der Waals surface area contributed by atoms with Crippen LogP contribution < -0.4 is 0 Å². The van der Waals surface area contributed by atoms with Crippen LogP contribution in [0.1, 0.15) is 18.2 Å². The first-order valence-corrected chi connectivity index (χ1v) is 5.24. The zero-order chi connectivity index (χ0) is 11.5. The van der Waals surface area contributed by atoms with Crippen molar-refractivity contribution in [3.63, 3.8) is 0 Å². The Morgan fingerprint density at radius 2 is 2.25 bits per heavy atom. The second kappa shape index (κ2) is 4.31. The highest BCUT2D eigenvalue weighted by molar-refractivity contribution is 5.77. The second-order valence-corrected chi connectivity index (χ2v) is 3.97. The molecule has 2 rings (SSSR count). The lowest BCUT2D eigenvalue weighted by atomic mass is 10.2. The summed E-state index contributed by atoms with van der Waals surface area (Å²) < 4.78 is 1.95. The van der Waals surface area contributed by atoms with Crippen LogP contribution in [0.15, 0.2) is 36.8 Å². The molecule has 0 atom stereocenters. The van der Waals surface area contributed by atoms with E-state index in [2.05, 4.69) is 11.1 Å². The van der Waals surface area contributed by atoms with E-state index >= 15 is 0 Å². The normalized spacial score (nSPS) is 10.4. The minimum atomic E-state index is 0.148. The second-order valence-electron chi connectivity index (χ2n) is 3.97. The van der Waals surface area contributed by atoms with Gasteiger partial charge in [-0.05, 0) is 31.5 Å². The van der Waals surface area contributed by atoms with Gasteiger partial charge in [-0.25, -0.2) is 4.98 Å². The van der Waals surface area contributed by atoms with E-state index < -0.39 is 0 Å². The molecule has 0 unspecified atom stereocenters. The van der Waals surface area contributed by atoms with Crippen molar-refractivity contribution >= 4 is 5.78 Å². The Morgan fingerprint density at radius 3 is 2.94 bits per heavy atom. The van der Waals surface area contributed by atoms with Crippen LogP contribution in [0.5, 0.6) is 0 Å². The van der Waals surface area contributed by atoms with Crippen LogP contribution in [0, 0.1) is 6.92 Å². The fraction of sp³-hybridized carbons (Fsp3) is 0.231. The number of aryl methyl sites for hydroxylation is 1. The highest BCUT2D eigenvalue weighted by Crippen LogP contribution is 2.13. The number of hydrogen-bond acceptors (Lipinski definition) is 2. The van der Waals surface area contributed by atoms with E-state index in [1.54, 1.807) is 19.4 Å². The van der Waals surface area contributed by atoms with Gasteiger partial charge in [0.25, 0.3) is 0 Å². The highest BCUT2D eigenvalue weighted by atomic mass is 16.1. The standard InChI is InChI=1S/C13H14N2O/c1-10-4-3-5-12(6-10)15-9-14-8-13(15)7-11(2)16/h3-6,8-9H,7H2,1-2H3. The molecule has 82 valence electrons. The van der Waals surface area contributed by atoms with Gasteiger partial charge in [-0.3, -0.25) is 4.79 Å². The summed E-state index contributed by atoms with van der Waals surface area (Å²) in [7, 11) is 0. The molecule has 1 heterocycles. The quantitative estimate of drug-likeness (QED) is 0.785. The number of carbonyl (C=O) groups excluding carboxylic acids is 1. The van der Waals surface area contributed by atoms with Crippen LogP contribution >= 0.6 is 0 Å². The Bertz CT molecular complexity index is 514. The summed E-state index contributed by atoms with van der Waals surface area (Å²) in [5, 5.41) is 0. The maximum atomic E-state index is 11.1.